The predicted octanol–water partition coefficient (Wildman–Crippen LogP) is 4.76. The van der Waals surface area contributed by atoms with Gasteiger partial charge in [0.1, 0.15) is 6.17 Å². The Bertz CT molecular complexity index is 854. The van der Waals surface area contributed by atoms with E-state index in [4.69, 9.17) is 2.74 Å². The molecule has 0 bridgehead atoms. The molecule has 2 nitrogen and oxygen atoms in total. The highest BCUT2D eigenvalue weighted by Crippen LogP contribution is 2.45. The molecular formula is C22H26N2. The largest absolute Gasteiger partial charge is 0.347 e. The summed E-state index contributed by atoms with van der Waals surface area (Å²) in [5.74, 6) is 0. The van der Waals surface area contributed by atoms with Gasteiger partial charge < -0.3 is 4.90 Å². The summed E-state index contributed by atoms with van der Waals surface area (Å²) in [4.78, 5) is 4.45. The lowest BCUT2D eigenvalue weighted by Gasteiger charge is -2.35. The molecule has 0 saturated carbocycles. The van der Waals surface area contributed by atoms with Gasteiger partial charge in [0.2, 0.25) is 0 Å². The Morgan fingerprint density at radius 2 is 1.62 bits per heavy atom. The fourth-order valence-corrected chi connectivity index (χ4v) is 4.27. The fraction of sp³-hybridized carbons (Fsp3) is 0.364. The summed E-state index contributed by atoms with van der Waals surface area (Å²) in [6.45, 7) is 7.17. The molecule has 2 aromatic rings. The van der Waals surface area contributed by atoms with Gasteiger partial charge in [-0.05, 0) is 56.0 Å². The van der Waals surface area contributed by atoms with Crippen molar-refractivity contribution >= 4 is 5.69 Å². The van der Waals surface area contributed by atoms with Gasteiger partial charge in [-0.25, -0.2) is 0 Å². The van der Waals surface area contributed by atoms with E-state index in [0.717, 1.165) is 0 Å². The molecule has 1 saturated heterocycles. The number of hydrogen-bond donors (Lipinski definition) is 0. The Morgan fingerprint density at radius 3 is 2.33 bits per heavy atom. The number of benzene rings is 2. The zero-order valence-electron chi connectivity index (χ0n) is 16.8. The van der Waals surface area contributed by atoms with Crippen LogP contribution in [0.4, 0.5) is 5.69 Å². The van der Waals surface area contributed by atoms with Gasteiger partial charge in [0.25, 0.3) is 0 Å². The van der Waals surface area contributed by atoms with E-state index >= 15 is 0 Å². The maximum atomic E-state index is 8.61. The van der Waals surface area contributed by atoms with Crippen LogP contribution in [0.1, 0.15) is 38.1 Å². The third-order valence-electron chi connectivity index (χ3n) is 5.49. The van der Waals surface area contributed by atoms with Crippen molar-refractivity contribution in [3.8, 4) is 0 Å². The Kier molecular flexibility index (Phi) is 3.19. The molecule has 124 valence electrons. The van der Waals surface area contributed by atoms with Crippen molar-refractivity contribution in [2.75, 3.05) is 11.4 Å². The van der Waals surface area contributed by atoms with Crippen LogP contribution in [-0.2, 0) is 0 Å². The molecule has 2 unspecified atom stereocenters. The maximum absolute atomic E-state index is 8.61. The number of para-hydroxylation sites is 1. The number of aryl methyl sites for hydroxylation is 3. The van der Waals surface area contributed by atoms with Crippen molar-refractivity contribution in [1.29, 1.82) is 0 Å². The second-order valence-corrected chi connectivity index (χ2v) is 7.00. The van der Waals surface area contributed by atoms with Crippen molar-refractivity contribution in [3.05, 3.63) is 76.9 Å². The molecule has 3 atom stereocenters. The van der Waals surface area contributed by atoms with Crippen LogP contribution in [0.3, 0.4) is 0 Å². The van der Waals surface area contributed by atoms with Crippen LogP contribution in [0.25, 0.3) is 0 Å². The first-order valence-electron chi connectivity index (χ1n) is 9.71. The second kappa shape index (κ2) is 5.78. The Morgan fingerprint density at radius 1 is 0.958 bits per heavy atom. The van der Waals surface area contributed by atoms with Gasteiger partial charge in [0.15, 0.2) is 0 Å². The Balaban J connectivity index is 1.95. The highest BCUT2D eigenvalue weighted by molar-refractivity contribution is 5.59. The van der Waals surface area contributed by atoms with E-state index in [2.05, 4.69) is 75.1 Å². The molecule has 2 aliphatic heterocycles. The maximum Gasteiger partial charge on any atom is 0.110 e. The summed E-state index contributed by atoms with van der Waals surface area (Å²) < 4.78 is 17.2. The van der Waals surface area contributed by atoms with Gasteiger partial charge in [-0.15, -0.1) is 0 Å². The van der Waals surface area contributed by atoms with E-state index in [1.807, 2.05) is 11.0 Å². The van der Waals surface area contributed by atoms with Crippen molar-refractivity contribution in [1.82, 2.24) is 4.90 Å². The van der Waals surface area contributed by atoms with Gasteiger partial charge in [-0.3, -0.25) is 4.90 Å². The molecule has 0 spiro atoms. The number of hydrogen-bond acceptors (Lipinski definition) is 2. The number of rotatable bonds is 2. The molecule has 0 N–H and O–H groups in total. The normalized spacial score (nSPS) is 29.5. The lowest BCUT2D eigenvalue weighted by molar-refractivity contribution is 0.259. The first kappa shape index (κ1) is 13.3. The smallest absolute Gasteiger partial charge is 0.110 e. The Hall–Kier alpha value is -2.06. The van der Waals surface area contributed by atoms with Crippen LogP contribution in [0, 0.1) is 20.8 Å². The highest BCUT2D eigenvalue weighted by atomic mass is 15.5. The van der Waals surface area contributed by atoms with E-state index in [-0.39, 0.29) is 18.2 Å². The second-order valence-electron chi connectivity index (χ2n) is 7.00. The lowest BCUT2D eigenvalue weighted by Crippen LogP contribution is -2.34. The molecule has 1 fully saturated rings. The summed E-state index contributed by atoms with van der Waals surface area (Å²) in [5, 5.41) is 0. The Labute approximate surface area is 148 Å². The van der Waals surface area contributed by atoms with Crippen molar-refractivity contribution in [2.45, 2.75) is 45.9 Å². The quantitative estimate of drug-likeness (QED) is 0.736. The monoisotopic (exact) mass is 320 g/mol. The van der Waals surface area contributed by atoms with Crippen LogP contribution in [0.5, 0.6) is 0 Å². The summed E-state index contributed by atoms with van der Waals surface area (Å²) in [5.41, 5.74) is 6.05. The van der Waals surface area contributed by atoms with Crippen LogP contribution in [0.2, 0.25) is 0 Å². The fourth-order valence-electron chi connectivity index (χ4n) is 4.27. The van der Waals surface area contributed by atoms with Gasteiger partial charge in [-0.1, -0.05) is 48.6 Å². The van der Waals surface area contributed by atoms with Crippen molar-refractivity contribution in [3.63, 3.8) is 0 Å². The van der Waals surface area contributed by atoms with Gasteiger partial charge in [0.05, 0.1) is 6.04 Å². The molecule has 2 heterocycles. The van der Waals surface area contributed by atoms with E-state index in [9.17, 15) is 0 Å². The van der Waals surface area contributed by atoms with Crippen molar-refractivity contribution in [2.24, 2.45) is 0 Å². The molecule has 2 aliphatic rings. The van der Waals surface area contributed by atoms with Crippen molar-refractivity contribution < 1.29 is 2.74 Å². The summed E-state index contributed by atoms with van der Waals surface area (Å²) in [6.07, 6.45) is 3.65. The average Bonchev–Trinajstić information content (AvgIpc) is 3.04. The zero-order valence-corrected chi connectivity index (χ0v) is 14.8. The minimum atomic E-state index is -1.45. The number of nitrogens with zero attached hydrogens (tertiary/aromatic N) is 2. The minimum absolute atomic E-state index is 0.0635. The molecule has 0 aliphatic carbocycles. The predicted molar refractivity (Wildman–Crippen MR) is 101 cm³/mol. The van der Waals surface area contributed by atoms with Crippen LogP contribution in [0.15, 0.2) is 54.6 Å². The van der Waals surface area contributed by atoms with Crippen LogP contribution in [-0.4, -0.2) is 23.5 Å². The molecule has 0 radical (unpaired) electrons. The SMILES string of the molecule is [2H]C1([2H])C=CC2[C@H](C)N(c3ccccc3C)C(c3c(C)cccc3C)N21. The summed E-state index contributed by atoms with van der Waals surface area (Å²) in [7, 11) is 0. The van der Waals surface area contributed by atoms with Gasteiger partial charge in [-0.2, -0.15) is 0 Å². The van der Waals surface area contributed by atoms with E-state index in [0.29, 0.717) is 0 Å². The van der Waals surface area contributed by atoms with Crippen LogP contribution < -0.4 is 4.90 Å². The van der Waals surface area contributed by atoms with Gasteiger partial charge in [0, 0.05) is 21.0 Å². The molecule has 24 heavy (non-hydrogen) atoms. The molecule has 4 rings (SSSR count). The first-order valence-corrected chi connectivity index (χ1v) is 8.71. The minimum Gasteiger partial charge on any atom is -0.347 e. The van der Waals surface area contributed by atoms with E-state index in [1.165, 1.54) is 27.9 Å². The van der Waals surface area contributed by atoms with E-state index in [1.54, 1.807) is 6.08 Å². The summed E-state index contributed by atoms with van der Waals surface area (Å²) >= 11 is 0. The van der Waals surface area contributed by atoms with E-state index < -0.39 is 6.50 Å². The third kappa shape index (κ3) is 2.21. The zero-order chi connectivity index (χ0) is 18.6. The van der Waals surface area contributed by atoms with Crippen LogP contribution >= 0.6 is 0 Å². The molecule has 2 heteroatoms. The number of fused-ring (bicyclic) bond motifs is 1. The number of anilines is 1. The first-order chi connectivity index (χ1) is 12.3. The molecular weight excluding hydrogens is 292 g/mol. The molecule has 0 aromatic heterocycles. The topological polar surface area (TPSA) is 6.48 Å². The molecule has 2 aromatic carbocycles. The van der Waals surface area contributed by atoms with Gasteiger partial charge >= 0.3 is 0 Å². The highest BCUT2D eigenvalue weighted by Gasteiger charge is 2.46. The molecule has 0 amide bonds. The lowest BCUT2D eigenvalue weighted by atomic mass is 9.98. The standard InChI is InChI=1S/C22H26N2/c1-15-9-5-6-12-19(15)24-18(4)20-13-8-14-23(20)22(24)21-16(2)10-7-11-17(21)3/h5-13,18,20,22H,14H2,1-4H3/t18-,20?,22?/m0/s1/i14D2. The summed E-state index contributed by atoms with van der Waals surface area (Å²) in [6, 6.07) is 15.0. The average molecular weight is 320 g/mol. The third-order valence-corrected chi connectivity index (χ3v) is 5.49.